The Morgan fingerprint density at radius 1 is 1.16 bits per heavy atom. The SMILES string of the molecule is CC12C=CC(=O)C=C1CCC1C2C(O)CC2(C)C(C(=O)CO)CCC12.CCC(C)(C)NC(=O)CCO.[Y]. The van der Waals surface area contributed by atoms with Crippen LogP contribution < -0.4 is 5.32 Å². The molecule has 7 nitrogen and oxygen atoms in total. The van der Waals surface area contributed by atoms with E-state index < -0.39 is 12.7 Å². The fraction of sp³-hybridized carbons (Fsp3) is 0.759. The molecule has 3 fully saturated rings. The largest absolute Gasteiger partial charge is 0.396 e. The van der Waals surface area contributed by atoms with Crippen LogP contribution in [0, 0.1) is 34.5 Å². The van der Waals surface area contributed by atoms with Gasteiger partial charge in [-0.2, -0.15) is 0 Å². The second kappa shape index (κ2) is 12.6. The summed E-state index contributed by atoms with van der Waals surface area (Å²) in [6.45, 7) is 9.77. The molecule has 4 N–H and O–H groups in total. The third-order valence-corrected chi connectivity index (χ3v) is 9.74. The first kappa shape index (κ1) is 32.5. The summed E-state index contributed by atoms with van der Waals surface area (Å²) in [7, 11) is 0. The molecule has 0 heterocycles. The Morgan fingerprint density at radius 3 is 2.43 bits per heavy atom. The molecule has 0 aliphatic heterocycles. The molecule has 1 radical (unpaired) electrons. The van der Waals surface area contributed by atoms with Crippen molar-refractivity contribution in [3.8, 4) is 0 Å². The van der Waals surface area contributed by atoms with Crippen LogP contribution in [0.25, 0.3) is 0 Å². The Hall–Kier alpha value is -0.726. The van der Waals surface area contributed by atoms with Gasteiger partial charge in [0, 0.05) is 61.9 Å². The molecule has 37 heavy (non-hydrogen) atoms. The predicted octanol–water partition coefficient (Wildman–Crippen LogP) is 3.11. The van der Waals surface area contributed by atoms with Gasteiger partial charge in [-0.05, 0) is 81.8 Å². The van der Waals surface area contributed by atoms with Crippen molar-refractivity contribution in [2.24, 2.45) is 34.5 Å². The van der Waals surface area contributed by atoms with Crippen LogP contribution in [0.5, 0.6) is 0 Å². The van der Waals surface area contributed by atoms with Crippen LogP contribution >= 0.6 is 0 Å². The average Bonchev–Trinajstić information content (AvgIpc) is 3.15. The number of fused-ring (bicyclic) bond motifs is 5. The first-order chi connectivity index (χ1) is 16.8. The van der Waals surface area contributed by atoms with Crippen molar-refractivity contribution < 1.29 is 62.4 Å². The number of amides is 1. The Balaban J connectivity index is 0.000000344. The van der Waals surface area contributed by atoms with Crippen LogP contribution in [0.15, 0.2) is 23.8 Å². The van der Waals surface area contributed by atoms with Crippen molar-refractivity contribution in [1.82, 2.24) is 5.32 Å². The van der Waals surface area contributed by atoms with Gasteiger partial charge >= 0.3 is 0 Å². The van der Waals surface area contributed by atoms with E-state index in [4.69, 9.17) is 5.11 Å². The van der Waals surface area contributed by atoms with Crippen LogP contribution in [0.3, 0.4) is 0 Å². The van der Waals surface area contributed by atoms with Gasteiger partial charge in [-0.15, -0.1) is 0 Å². The van der Waals surface area contributed by atoms with Crippen molar-refractivity contribution in [3.05, 3.63) is 23.8 Å². The van der Waals surface area contributed by atoms with E-state index >= 15 is 0 Å². The molecule has 4 aliphatic rings. The van der Waals surface area contributed by atoms with Crippen LogP contribution in [-0.2, 0) is 47.1 Å². The number of aliphatic hydroxyl groups excluding tert-OH is 3. The average molecular weight is 593 g/mol. The summed E-state index contributed by atoms with van der Waals surface area (Å²) in [4.78, 5) is 35.0. The molecule has 0 saturated heterocycles. The van der Waals surface area contributed by atoms with Gasteiger partial charge in [0.15, 0.2) is 11.6 Å². The Kier molecular flexibility index (Phi) is 11.1. The smallest absolute Gasteiger partial charge is 0.222 e. The third-order valence-electron chi connectivity index (χ3n) is 9.74. The minimum absolute atomic E-state index is 0. The number of hydrogen-bond acceptors (Lipinski definition) is 6. The van der Waals surface area contributed by atoms with Crippen molar-refractivity contribution >= 4 is 17.5 Å². The fourth-order valence-electron chi connectivity index (χ4n) is 7.59. The molecule has 1 amide bonds. The molecule has 7 atom stereocenters. The number of hydrogen-bond donors (Lipinski definition) is 4. The molecule has 0 aromatic rings. The van der Waals surface area contributed by atoms with E-state index in [2.05, 4.69) is 19.2 Å². The van der Waals surface area contributed by atoms with Gasteiger partial charge in [-0.1, -0.05) is 32.4 Å². The second-order valence-corrected chi connectivity index (χ2v) is 12.3. The Labute approximate surface area is 246 Å². The number of carbonyl (C=O) groups is 3. The van der Waals surface area contributed by atoms with Gasteiger partial charge in [-0.25, -0.2) is 0 Å². The number of allylic oxidation sites excluding steroid dienone is 4. The minimum Gasteiger partial charge on any atom is -0.396 e. The van der Waals surface area contributed by atoms with E-state index in [-0.39, 0.29) is 91.4 Å². The summed E-state index contributed by atoms with van der Waals surface area (Å²) in [5.41, 5.74) is 0.541. The van der Waals surface area contributed by atoms with Crippen molar-refractivity contribution in [1.29, 1.82) is 0 Å². The molecule has 0 aromatic heterocycles. The van der Waals surface area contributed by atoms with Gasteiger partial charge in [-0.3, -0.25) is 14.4 Å². The number of ketones is 2. The zero-order chi connectivity index (χ0) is 26.9. The van der Waals surface area contributed by atoms with Crippen LogP contribution in [-0.4, -0.2) is 57.6 Å². The standard InChI is InChI=1S/C21H28O4.C8H17NO2.Y/c1-20-8-7-13(23)9-12(20)3-4-14-15-5-6-16(18(25)11-22)21(15,2)10-17(24)19(14)20;1-4-8(2,3)9-7(11)5-6-10;/h7-9,14-17,19,22,24H,3-6,10-11H2,1-2H3;10H,4-6H2,1-3H3,(H,9,11);. The maximum absolute atomic E-state index is 12.3. The third kappa shape index (κ3) is 6.54. The summed E-state index contributed by atoms with van der Waals surface area (Å²) in [5, 5.41) is 31.8. The van der Waals surface area contributed by atoms with Crippen LogP contribution in [0.2, 0.25) is 0 Å². The molecule has 3 saturated carbocycles. The number of Topliss-reactive ketones (excluding diaryl/α,β-unsaturated/α-hetero) is 1. The molecular formula is C29H45NO6Y. The Morgan fingerprint density at radius 2 is 1.84 bits per heavy atom. The summed E-state index contributed by atoms with van der Waals surface area (Å²) < 4.78 is 0. The van der Waals surface area contributed by atoms with Gasteiger partial charge in [0.25, 0.3) is 0 Å². The maximum atomic E-state index is 12.3. The summed E-state index contributed by atoms with van der Waals surface area (Å²) in [6, 6.07) is 0. The zero-order valence-electron chi connectivity index (χ0n) is 23.1. The minimum atomic E-state index is -0.482. The number of rotatable bonds is 6. The van der Waals surface area contributed by atoms with E-state index in [0.717, 1.165) is 37.7 Å². The first-order valence-electron chi connectivity index (χ1n) is 13.5. The summed E-state index contributed by atoms with van der Waals surface area (Å²) in [5.74, 6) is 0.650. The molecule has 0 bridgehead atoms. The predicted molar refractivity (Wildman–Crippen MR) is 138 cm³/mol. The van der Waals surface area contributed by atoms with Gasteiger partial charge in [0.2, 0.25) is 5.91 Å². The monoisotopic (exact) mass is 592 g/mol. The molecule has 0 aromatic carbocycles. The van der Waals surface area contributed by atoms with E-state index in [0.29, 0.717) is 18.3 Å². The molecule has 7 unspecified atom stereocenters. The molecule has 4 aliphatic carbocycles. The van der Waals surface area contributed by atoms with Gasteiger partial charge in [0.1, 0.15) is 6.61 Å². The van der Waals surface area contributed by atoms with Gasteiger partial charge < -0.3 is 20.6 Å². The second-order valence-electron chi connectivity index (χ2n) is 12.3. The molecule has 0 spiro atoms. The number of carbonyl (C=O) groups excluding carboxylic acids is 3. The van der Waals surface area contributed by atoms with Crippen LogP contribution in [0.4, 0.5) is 0 Å². The van der Waals surface area contributed by atoms with E-state index in [1.165, 1.54) is 0 Å². The molecule has 8 heteroatoms. The molecule has 205 valence electrons. The van der Waals surface area contributed by atoms with Crippen molar-refractivity contribution in [2.75, 3.05) is 13.2 Å². The normalized spacial score (nSPS) is 36.1. The zero-order valence-corrected chi connectivity index (χ0v) is 26.0. The van der Waals surface area contributed by atoms with Crippen molar-refractivity contribution in [2.45, 2.75) is 91.2 Å². The summed E-state index contributed by atoms with van der Waals surface area (Å²) >= 11 is 0. The number of nitrogens with one attached hydrogen (secondary N) is 1. The van der Waals surface area contributed by atoms with E-state index in [1.54, 1.807) is 12.2 Å². The first-order valence-corrected chi connectivity index (χ1v) is 13.5. The maximum Gasteiger partial charge on any atom is 0.222 e. The quantitative estimate of drug-likeness (QED) is 0.376. The van der Waals surface area contributed by atoms with E-state index in [9.17, 15) is 24.6 Å². The summed E-state index contributed by atoms with van der Waals surface area (Å²) in [6.07, 6.45) is 10.3. The van der Waals surface area contributed by atoms with Crippen molar-refractivity contribution in [3.63, 3.8) is 0 Å². The number of aliphatic hydroxyl groups is 3. The van der Waals surface area contributed by atoms with Crippen LogP contribution in [0.1, 0.15) is 79.6 Å². The fourth-order valence-corrected chi connectivity index (χ4v) is 7.59. The molecule has 4 rings (SSSR count). The molecular weight excluding hydrogens is 547 g/mol. The van der Waals surface area contributed by atoms with Gasteiger partial charge in [0.05, 0.1) is 12.7 Å². The van der Waals surface area contributed by atoms with E-state index in [1.807, 2.05) is 26.8 Å². The topological polar surface area (TPSA) is 124 Å². The Bertz CT molecular complexity index is 929.